The van der Waals surface area contributed by atoms with Crippen molar-refractivity contribution in [3.8, 4) is 11.5 Å². The van der Waals surface area contributed by atoms with Crippen molar-refractivity contribution in [3.05, 3.63) is 57.6 Å². The van der Waals surface area contributed by atoms with Gasteiger partial charge in [0, 0.05) is 19.8 Å². The van der Waals surface area contributed by atoms with Crippen LogP contribution in [0.4, 0.5) is 0 Å². The van der Waals surface area contributed by atoms with Crippen molar-refractivity contribution in [2.45, 2.75) is 143 Å². The maximum Gasteiger partial charge on any atom is 0.390 e. The van der Waals surface area contributed by atoms with E-state index in [1.165, 1.54) is 0 Å². The Kier molecular flexibility index (Phi) is 10.9. The molecule has 0 radical (unpaired) electrons. The third-order valence-electron chi connectivity index (χ3n) is 7.81. The fraction of sp³-hybridized carbons (Fsp3) is 0.595. The molecule has 2 rings (SSSR count). The number of phenolic OH excluding ortho intramolecular Hbond substituents is 2. The zero-order chi connectivity index (χ0) is 34.9. The number of benzene rings is 2. The second-order valence-corrected chi connectivity index (χ2v) is 16.3. The van der Waals surface area contributed by atoms with E-state index >= 15 is 0 Å². The molecule has 0 aliphatic heterocycles. The Bertz CT molecular complexity index is 1250. The molecule has 0 atom stereocenters. The van der Waals surface area contributed by atoms with Crippen LogP contribution in [0.25, 0.3) is 0 Å². The zero-order valence-electron chi connectivity index (χ0n) is 29.5. The minimum absolute atomic E-state index is 0.156. The SMILES string of the molecule is CC(OC(=O)CCc1cc(C(C)(C)C)c(O)c(C(C)(C)C)c1)(OC(=O)CCc1cc(C(C)(C)C)c(O)c(C(C)(C)C)c1)C(=O)O. The molecule has 8 nitrogen and oxygen atoms in total. The van der Waals surface area contributed by atoms with Crippen LogP contribution in [0.1, 0.15) is 136 Å². The first-order chi connectivity index (χ1) is 20.2. The van der Waals surface area contributed by atoms with Gasteiger partial charge in [0.05, 0.1) is 0 Å². The van der Waals surface area contributed by atoms with Crippen molar-refractivity contribution >= 4 is 17.9 Å². The van der Waals surface area contributed by atoms with Gasteiger partial charge in [0.1, 0.15) is 11.5 Å². The summed E-state index contributed by atoms with van der Waals surface area (Å²) in [5.41, 5.74) is 3.21. The lowest BCUT2D eigenvalue weighted by atomic mass is 9.78. The molecule has 0 unspecified atom stereocenters. The number of esters is 2. The second kappa shape index (κ2) is 13.1. The smallest absolute Gasteiger partial charge is 0.390 e. The first-order valence-corrected chi connectivity index (χ1v) is 15.6. The maximum atomic E-state index is 12.9. The molecule has 0 aromatic heterocycles. The lowest BCUT2D eigenvalue weighted by Gasteiger charge is -2.28. The van der Waals surface area contributed by atoms with E-state index < -0.39 is 23.7 Å². The summed E-state index contributed by atoms with van der Waals surface area (Å²) in [4.78, 5) is 37.9. The molecule has 0 fully saturated rings. The molecule has 0 spiro atoms. The van der Waals surface area contributed by atoms with Gasteiger partial charge in [-0.25, -0.2) is 4.79 Å². The van der Waals surface area contributed by atoms with Crippen LogP contribution in [0, 0.1) is 0 Å². The fourth-order valence-corrected chi connectivity index (χ4v) is 5.10. The molecule has 0 bridgehead atoms. The number of hydrogen-bond donors (Lipinski definition) is 3. The molecule has 0 aliphatic carbocycles. The van der Waals surface area contributed by atoms with Crippen LogP contribution in [0.5, 0.6) is 11.5 Å². The predicted molar refractivity (Wildman–Crippen MR) is 176 cm³/mol. The fourth-order valence-electron chi connectivity index (χ4n) is 5.10. The predicted octanol–water partition coefficient (Wildman–Crippen LogP) is 7.74. The quantitative estimate of drug-likeness (QED) is 0.190. The minimum atomic E-state index is -2.50. The molecule has 0 amide bonds. The van der Waals surface area contributed by atoms with Gasteiger partial charge in [0.25, 0.3) is 0 Å². The van der Waals surface area contributed by atoms with Gasteiger partial charge >= 0.3 is 23.7 Å². The monoisotopic (exact) mass is 626 g/mol. The second-order valence-electron chi connectivity index (χ2n) is 16.3. The number of carboxylic acid groups (broad SMARTS) is 1. The van der Waals surface area contributed by atoms with Crippen LogP contribution in [0.2, 0.25) is 0 Å². The van der Waals surface area contributed by atoms with Crippen molar-refractivity contribution in [2.75, 3.05) is 0 Å². The van der Waals surface area contributed by atoms with E-state index in [9.17, 15) is 29.7 Å². The van der Waals surface area contributed by atoms with Crippen molar-refractivity contribution in [1.82, 2.24) is 0 Å². The van der Waals surface area contributed by atoms with E-state index in [2.05, 4.69) is 0 Å². The van der Waals surface area contributed by atoms with Crippen LogP contribution in [-0.2, 0) is 58.4 Å². The van der Waals surface area contributed by atoms with E-state index in [4.69, 9.17) is 9.47 Å². The average molecular weight is 627 g/mol. The largest absolute Gasteiger partial charge is 0.507 e. The molecule has 0 heterocycles. The van der Waals surface area contributed by atoms with Crippen molar-refractivity contribution < 1.29 is 39.2 Å². The summed E-state index contributed by atoms with van der Waals surface area (Å²) in [6.07, 6.45) is 0.165. The summed E-state index contributed by atoms with van der Waals surface area (Å²) in [6.45, 7) is 25.0. The maximum absolute atomic E-state index is 12.9. The third kappa shape index (κ3) is 9.72. The van der Waals surface area contributed by atoms with E-state index in [0.717, 1.165) is 40.3 Å². The Labute approximate surface area is 269 Å². The Balaban J connectivity index is 2.20. The molecule has 8 heteroatoms. The van der Waals surface area contributed by atoms with Gasteiger partial charge in [-0.1, -0.05) is 107 Å². The molecule has 3 N–H and O–H groups in total. The molecular formula is C37H54O8. The number of carbonyl (C=O) groups excluding carboxylic acids is 2. The number of rotatable bonds is 9. The van der Waals surface area contributed by atoms with Crippen LogP contribution < -0.4 is 0 Å². The highest BCUT2D eigenvalue weighted by Gasteiger charge is 2.42. The molecule has 0 saturated carbocycles. The van der Waals surface area contributed by atoms with Gasteiger partial charge in [-0.2, -0.15) is 0 Å². The summed E-state index contributed by atoms with van der Waals surface area (Å²) in [5, 5.41) is 31.8. The zero-order valence-corrected chi connectivity index (χ0v) is 29.5. The van der Waals surface area contributed by atoms with Crippen molar-refractivity contribution in [1.29, 1.82) is 0 Å². The topological polar surface area (TPSA) is 130 Å². The standard InChI is InChI=1S/C37H54O8/c1-33(2,3)24-18-22(19-25(30(24)40)34(4,5)6)14-16-28(38)44-37(13,32(42)43)45-29(39)17-15-23-20-26(35(7,8)9)31(41)27(21-23)36(10,11)12/h18-21,40-41H,14-17H2,1-13H3,(H,42,43). The number of aromatic hydroxyl groups is 2. The van der Waals surface area contributed by atoms with Gasteiger partial charge < -0.3 is 24.8 Å². The van der Waals surface area contributed by atoms with Crippen molar-refractivity contribution in [3.63, 3.8) is 0 Å². The molecule has 2 aromatic carbocycles. The number of phenols is 2. The van der Waals surface area contributed by atoms with Gasteiger partial charge in [-0.05, 0) is 67.9 Å². The van der Waals surface area contributed by atoms with Gasteiger partial charge in [0.15, 0.2) is 0 Å². The average Bonchev–Trinajstić information content (AvgIpc) is 2.84. The minimum Gasteiger partial charge on any atom is -0.507 e. The number of aliphatic carboxylic acids is 1. The van der Waals surface area contributed by atoms with E-state index in [-0.39, 0.29) is 58.8 Å². The summed E-state index contributed by atoms with van der Waals surface area (Å²) >= 11 is 0. The summed E-state index contributed by atoms with van der Waals surface area (Å²) in [5.74, 6) is -5.32. The summed E-state index contributed by atoms with van der Waals surface area (Å²) in [7, 11) is 0. The number of carbonyl (C=O) groups is 3. The Morgan fingerprint density at radius 3 is 0.978 bits per heavy atom. The number of ether oxygens (including phenoxy) is 2. The van der Waals surface area contributed by atoms with E-state index in [1.807, 2.05) is 107 Å². The molecule has 45 heavy (non-hydrogen) atoms. The summed E-state index contributed by atoms with van der Waals surface area (Å²) < 4.78 is 10.5. The normalized spacial score (nSPS) is 13.0. The lowest BCUT2D eigenvalue weighted by molar-refractivity contribution is -0.231. The molecular weight excluding hydrogens is 572 g/mol. The highest BCUT2D eigenvalue weighted by Crippen LogP contribution is 2.41. The summed E-state index contributed by atoms with van der Waals surface area (Å²) in [6, 6.07) is 7.42. The molecule has 0 aliphatic rings. The third-order valence-corrected chi connectivity index (χ3v) is 7.81. The van der Waals surface area contributed by atoms with Gasteiger partial charge in [-0.15, -0.1) is 0 Å². The van der Waals surface area contributed by atoms with Crippen LogP contribution in [-0.4, -0.2) is 39.0 Å². The molecule has 2 aromatic rings. The first kappa shape index (κ1) is 37.6. The van der Waals surface area contributed by atoms with Gasteiger partial charge in [-0.3, -0.25) is 9.59 Å². The lowest BCUT2D eigenvalue weighted by Crippen LogP contribution is -2.44. The van der Waals surface area contributed by atoms with E-state index in [1.54, 1.807) is 0 Å². The van der Waals surface area contributed by atoms with Crippen molar-refractivity contribution in [2.24, 2.45) is 0 Å². The number of aryl methyl sites for hydroxylation is 2. The Hall–Kier alpha value is -3.55. The molecule has 250 valence electrons. The highest BCUT2D eigenvalue weighted by atomic mass is 16.7. The van der Waals surface area contributed by atoms with E-state index in [0.29, 0.717) is 0 Å². The van der Waals surface area contributed by atoms with Gasteiger partial charge in [0.2, 0.25) is 0 Å². The molecule has 0 saturated heterocycles. The Morgan fingerprint density at radius 2 is 0.778 bits per heavy atom. The van der Waals surface area contributed by atoms with Crippen LogP contribution in [0.15, 0.2) is 24.3 Å². The highest BCUT2D eigenvalue weighted by molar-refractivity contribution is 5.83. The number of hydrogen-bond acceptors (Lipinski definition) is 7. The van der Waals surface area contributed by atoms with Crippen LogP contribution in [0.3, 0.4) is 0 Å². The van der Waals surface area contributed by atoms with Crippen LogP contribution >= 0.6 is 0 Å². The number of carboxylic acids is 1. The Morgan fingerprint density at radius 1 is 0.533 bits per heavy atom. The first-order valence-electron chi connectivity index (χ1n) is 15.6.